The van der Waals surface area contributed by atoms with E-state index in [0.717, 1.165) is 11.3 Å². The number of ether oxygens (including phenoxy) is 2. The molecule has 1 rings (SSSR count). The van der Waals surface area contributed by atoms with E-state index in [1.165, 1.54) is 0 Å². The minimum atomic E-state index is -1.14. The molecule has 1 unspecified atom stereocenters. The van der Waals surface area contributed by atoms with Crippen LogP contribution in [-0.2, 0) is 16.0 Å². The maximum atomic E-state index is 12.0. The highest BCUT2D eigenvalue weighted by Gasteiger charge is 2.46. The van der Waals surface area contributed by atoms with E-state index in [0.29, 0.717) is 19.4 Å². The van der Waals surface area contributed by atoms with E-state index in [2.05, 4.69) is 0 Å². The summed E-state index contributed by atoms with van der Waals surface area (Å²) in [4.78, 5) is 12.0. The lowest BCUT2D eigenvalue weighted by atomic mass is 9.73. The van der Waals surface area contributed by atoms with E-state index in [1.54, 1.807) is 34.8 Å². The van der Waals surface area contributed by atoms with Crippen molar-refractivity contribution < 1.29 is 19.4 Å². The lowest BCUT2D eigenvalue weighted by Gasteiger charge is -2.38. The van der Waals surface area contributed by atoms with Crippen LogP contribution in [0, 0.1) is 5.41 Å². The second kappa shape index (κ2) is 6.94. The number of hydrogen-bond donors (Lipinski definition) is 1. The van der Waals surface area contributed by atoms with Gasteiger partial charge in [-0.15, -0.1) is 0 Å². The summed E-state index contributed by atoms with van der Waals surface area (Å²) in [6.07, 6.45) is 1.16. The number of methoxy groups -OCH3 is 1. The van der Waals surface area contributed by atoms with Crippen LogP contribution in [-0.4, -0.2) is 30.4 Å². The average molecular weight is 294 g/mol. The van der Waals surface area contributed by atoms with Gasteiger partial charge in [-0.05, 0) is 58.2 Å². The summed E-state index contributed by atoms with van der Waals surface area (Å²) in [5.74, 6) is 0.432. The van der Waals surface area contributed by atoms with E-state index in [-0.39, 0.29) is 5.97 Å². The molecule has 4 nitrogen and oxygen atoms in total. The Kier molecular flexibility index (Phi) is 5.78. The van der Waals surface area contributed by atoms with Gasteiger partial charge in [0.05, 0.1) is 24.7 Å². The third kappa shape index (κ3) is 4.21. The first kappa shape index (κ1) is 17.5. The molecule has 1 N–H and O–H groups in total. The summed E-state index contributed by atoms with van der Waals surface area (Å²) < 4.78 is 10.2. The van der Waals surface area contributed by atoms with Crippen molar-refractivity contribution in [1.29, 1.82) is 0 Å². The van der Waals surface area contributed by atoms with Gasteiger partial charge < -0.3 is 14.6 Å². The molecule has 0 aliphatic heterocycles. The molecule has 1 aromatic carbocycles. The number of carbonyl (C=O) groups is 1. The van der Waals surface area contributed by atoms with Crippen LogP contribution >= 0.6 is 0 Å². The summed E-state index contributed by atoms with van der Waals surface area (Å²) in [5, 5.41) is 10.7. The maximum Gasteiger partial charge on any atom is 0.314 e. The van der Waals surface area contributed by atoms with Gasteiger partial charge in [-0.25, -0.2) is 0 Å². The summed E-state index contributed by atoms with van der Waals surface area (Å²) in [6, 6.07) is 7.71. The van der Waals surface area contributed by atoms with Crippen LogP contribution in [0.25, 0.3) is 0 Å². The zero-order valence-corrected chi connectivity index (χ0v) is 13.6. The number of esters is 1. The predicted molar refractivity (Wildman–Crippen MR) is 82.4 cm³/mol. The molecule has 118 valence electrons. The number of aryl methyl sites for hydroxylation is 1. The molecule has 0 fully saturated rings. The van der Waals surface area contributed by atoms with Crippen LogP contribution in [0.3, 0.4) is 0 Å². The minimum absolute atomic E-state index is 0.316. The molecule has 0 spiro atoms. The van der Waals surface area contributed by atoms with Crippen LogP contribution in [0.4, 0.5) is 0 Å². The van der Waals surface area contributed by atoms with Crippen LogP contribution in [0.15, 0.2) is 24.3 Å². The first-order valence-electron chi connectivity index (χ1n) is 7.27. The summed E-state index contributed by atoms with van der Waals surface area (Å²) in [6.45, 7) is 7.21. The Morgan fingerprint density at radius 1 is 1.19 bits per heavy atom. The minimum Gasteiger partial charge on any atom is -0.497 e. The molecule has 4 heteroatoms. The molecular weight excluding hydrogens is 268 g/mol. The number of carbonyl (C=O) groups excluding carboxylic acids is 1. The number of aliphatic hydroxyl groups is 1. The monoisotopic (exact) mass is 294 g/mol. The first-order chi connectivity index (χ1) is 9.74. The van der Waals surface area contributed by atoms with E-state index < -0.39 is 11.0 Å². The first-order valence-corrected chi connectivity index (χ1v) is 7.27. The van der Waals surface area contributed by atoms with Gasteiger partial charge in [0, 0.05) is 0 Å². The van der Waals surface area contributed by atoms with Gasteiger partial charge in [-0.3, -0.25) is 4.79 Å². The molecule has 0 bridgehead atoms. The van der Waals surface area contributed by atoms with Crippen molar-refractivity contribution in [1.82, 2.24) is 0 Å². The SMILES string of the molecule is CCOC(=O)C(C)(C)C(C)(O)CCc1ccc(OC)cc1. The predicted octanol–water partition coefficient (Wildman–Crippen LogP) is 2.97. The molecule has 1 atom stereocenters. The van der Waals surface area contributed by atoms with Crippen molar-refractivity contribution in [2.45, 2.75) is 46.1 Å². The molecule has 0 aliphatic rings. The average Bonchev–Trinajstić information content (AvgIpc) is 2.45. The van der Waals surface area contributed by atoms with Gasteiger partial charge in [0.2, 0.25) is 0 Å². The summed E-state index contributed by atoms with van der Waals surface area (Å²) in [7, 11) is 1.63. The molecule has 0 aromatic heterocycles. The van der Waals surface area contributed by atoms with Crippen molar-refractivity contribution in [3.63, 3.8) is 0 Å². The van der Waals surface area contributed by atoms with Gasteiger partial charge in [0.1, 0.15) is 5.75 Å². The number of hydrogen-bond acceptors (Lipinski definition) is 4. The molecule has 0 saturated carbocycles. The Hall–Kier alpha value is -1.55. The third-order valence-electron chi connectivity index (χ3n) is 4.19. The molecule has 0 aliphatic carbocycles. The molecule has 0 amide bonds. The fourth-order valence-electron chi connectivity index (χ4n) is 2.02. The van der Waals surface area contributed by atoms with E-state index in [4.69, 9.17) is 9.47 Å². The van der Waals surface area contributed by atoms with Crippen molar-refractivity contribution in [2.75, 3.05) is 13.7 Å². The van der Waals surface area contributed by atoms with Crippen LogP contribution in [0.5, 0.6) is 5.75 Å². The Morgan fingerprint density at radius 2 is 1.76 bits per heavy atom. The normalized spacial score (nSPS) is 14.4. The fraction of sp³-hybridized carbons (Fsp3) is 0.588. The van der Waals surface area contributed by atoms with Crippen molar-refractivity contribution in [2.24, 2.45) is 5.41 Å². The van der Waals surface area contributed by atoms with Crippen LogP contribution in [0.2, 0.25) is 0 Å². The molecule has 0 saturated heterocycles. The van der Waals surface area contributed by atoms with E-state index in [9.17, 15) is 9.90 Å². The lowest BCUT2D eigenvalue weighted by Crippen LogP contribution is -2.48. The quantitative estimate of drug-likeness (QED) is 0.786. The molecule has 0 radical (unpaired) electrons. The second-order valence-electron chi connectivity index (χ2n) is 5.97. The number of benzene rings is 1. The van der Waals surface area contributed by atoms with Crippen molar-refractivity contribution >= 4 is 5.97 Å². The van der Waals surface area contributed by atoms with Gasteiger partial charge in [0.15, 0.2) is 0 Å². The van der Waals surface area contributed by atoms with Gasteiger partial charge >= 0.3 is 5.97 Å². The second-order valence-corrected chi connectivity index (χ2v) is 5.97. The highest BCUT2D eigenvalue weighted by molar-refractivity contribution is 5.77. The largest absolute Gasteiger partial charge is 0.497 e. The lowest BCUT2D eigenvalue weighted by molar-refractivity contribution is -0.169. The highest BCUT2D eigenvalue weighted by Crippen LogP contribution is 2.35. The smallest absolute Gasteiger partial charge is 0.314 e. The van der Waals surface area contributed by atoms with Crippen molar-refractivity contribution in [3.8, 4) is 5.75 Å². The highest BCUT2D eigenvalue weighted by atomic mass is 16.5. The Balaban J connectivity index is 2.72. The standard InChI is InChI=1S/C17H26O4/c1-6-21-15(18)16(2,3)17(4,19)12-11-13-7-9-14(20-5)10-8-13/h7-10,19H,6,11-12H2,1-5H3. The van der Waals surface area contributed by atoms with Gasteiger partial charge in [-0.2, -0.15) is 0 Å². The Labute approximate surface area is 127 Å². The molecule has 1 aromatic rings. The molecular formula is C17H26O4. The number of rotatable bonds is 7. The van der Waals surface area contributed by atoms with E-state index >= 15 is 0 Å². The Morgan fingerprint density at radius 3 is 2.24 bits per heavy atom. The van der Waals surface area contributed by atoms with Gasteiger partial charge in [-0.1, -0.05) is 12.1 Å². The van der Waals surface area contributed by atoms with E-state index in [1.807, 2.05) is 24.3 Å². The zero-order chi connectivity index (χ0) is 16.1. The third-order valence-corrected chi connectivity index (χ3v) is 4.19. The maximum absolute atomic E-state index is 12.0. The topological polar surface area (TPSA) is 55.8 Å². The molecule has 21 heavy (non-hydrogen) atoms. The Bertz CT molecular complexity index is 460. The summed E-state index contributed by atoms with van der Waals surface area (Å²) in [5.41, 5.74) is -0.995. The fourth-order valence-corrected chi connectivity index (χ4v) is 2.02. The summed E-state index contributed by atoms with van der Waals surface area (Å²) >= 11 is 0. The zero-order valence-electron chi connectivity index (χ0n) is 13.6. The van der Waals surface area contributed by atoms with Crippen LogP contribution < -0.4 is 4.74 Å². The van der Waals surface area contributed by atoms with Gasteiger partial charge in [0.25, 0.3) is 0 Å². The van der Waals surface area contributed by atoms with Crippen molar-refractivity contribution in [3.05, 3.63) is 29.8 Å². The molecule has 0 heterocycles. The van der Waals surface area contributed by atoms with Crippen LogP contribution in [0.1, 0.15) is 39.7 Å².